The fourth-order valence-electron chi connectivity index (χ4n) is 2.70. The molecule has 1 saturated heterocycles. The molecule has 0 bridgehead atoms. The first-order valence-corrected chi connectivity index (χ1v) is 8.23. The molecule has 3 rings (SSSR count). The first kappa shape index (κ1) is 16.5. The minimum atomic E-state index is -0.282. The van der Waals surface area contributed by atoms with Crippen molar-refractivity contribution in [2.75, 3.05) is 31.1 Å². The molecule has 0 aliphatic carbocycles. The number of carbonyl (C=O) groups excluding carboxylic acids is 1. The molecule has 24 heavy (non-hydrogen) atoms. The highest BCUT2D eigenvalue weighted by molar-refractivity contribution is 6.30. The summed E-state index contributed by atoms with van der Waals surface area (Å²) >= 11 is 6.03. The topological polar surface area (TPSA) is 23.6 Å². The van der Waals surface area contributed by atoms with Gasteiger partial charge < -0.3 is 9.80 Å². The summed E-state index contributed by atoms with van der Waals surface area (Å²) in [5.41, 5.74) is 1.89. The van der Waals surface area contributed by atoms with Crippen molar-refractivity contribution in [2.45, 2.75) is 0 Å². The zero-order valence-electron chi connectivity index (χ0n) is 13.2. The van der Waals surface area contributed by atoms with Crippen molar-refractivity contribution < 1.29 is 9.18 Å². The van der Waals surface area contributed by atoms with E-state index in [2.05, 4.69) is 4.90 Å². The second-order valence-electron chi connectivity index (χ2n) is 5.68. The molecular formula is C19H18ClFN2O. The van der Waals surface area contributed by atoms with Crippen LogP contribution in [-0.2, 0) is 4.79 Å². The molecular weight excluding hydrogens is 327 g/mol. The van der Waals surface area contributed by atoms with Crippen LogP contribution < -0.4 is 4.90 Å². The summed E-state index contributed by atoms with van der Waals surface area (Å²) in [6, 6.07) is 13.8. The molecule has 3 nitrogen and oxygen atoms in total. The highest BCUT2D eigenvalue weighted by atomic mass is 35.5. The third-order valence-electron chi connectivity index (χ3n) is 4.05. The number of amides is 1. The summed E-state index contributed by atoms with van der Waals surface area (Å²) in [6.45, 7) is 2.88. The summed E-state index contributed by atoms with van der Waals surface area (Å²) in [7, 11) is 0. The van der Waals surface area contributed by atoms with E-state index in [1.807, 2.05) is 29.2 Å². The Kier molecular flexibility index (Phi) is 5.16. The predicted octanol–water partition coefficient (Wildman–Crippen LogP) is 3.84. The molecule has 2 aromatic carbocycles. The summed E-state index contributed by atoms with van der Waals surface area (Å²) in [5, 5.41) is 0.716. The Hall–Kier alpha value is -2.33. The quantitative estimate of drug-likeness (QED) is 0.790. The molecule has 0 radical (unpaired) electrons. The number of rotatable bonds is 3. The van der Waals surface area contributed by atoms with Gasteiger partial charge in [-0.15, -0.1) is 0 Å². The van der Waals surface area contributed by atoms with Gasteiger partial charge in [-0.05, 0) is 42.0 Å². The molecule has 0 atom stereocenters. The number of hydrogen-bond donors (Lipinski definition) is 0. The third-order valence-corrected chi connectivity index (χ3v) is 4.29. The van der Waals surface area contributed by atoms with E-state index in [-0.39, 0.29) is 11.7 Å². The summed E-state index contributed by atoms with van der Waals surface area (Å²) in [5.74, 6) is -0.305. The van der Waals surface area contributed by atoms with E-state index in [0.29, 0.717) is 18.1 Å². The van der Waals surface area contributed by atoms with E-state index in [1.165, 1.54) is 12.1 Å². The molecule has 124 valence electrons. The van der Waals surface area contributed by atoms with Gasteiger partial charge in [0.05, 0.1) is 0 Å². The van der Waals surface area contributed by atoms with Crippen LogP contribution in [0.2, 0.25) is 5.02 Å². The Morgan fingerprint density at radius 2 is 1.75 bits per heavy atom. The number of piperazine rings is 1. The number of nitrogens with zero attached hydrogens (tertiary/aromatic N) is 2. The predicted molar refractivity (Wildman–Crippen MR) is 95.7 cm³/mol. The lowest BCUT2D eigenvalue weighted by Crippen LogP contribution is -2.48. The summed E-state index contributed by atoms with van der Waals surface area (Å²) < 4.78 is 12.9. The van der Waals surface area contributed by atoms with Gasteiger partial charge in [0.2, 0.25) is 5.91 Å². The smallest absolute Gasteiger partial charge is 0.246 e. The Labute approximate surface area is 145 Å². The summed E-state index contributed by atoms with van der Waals surface area (Å²) in [6.07, 6.45) is 3.26. The Balaban J connectivity index is 1.56. The lowest BCUT2D eigenvalue weighted by atomic mass is 10.2. The zero-order chi connectivity index (χ0) is 16.9. The second-order valence-corrected chi connectivity index (χ2v) is 6.11. The van der Waals surface area contributed by atoms with Gasteiger partial charge in [0.25, 0.3) is 0 Å². The van der Waals surface area contributed by atoms with Crippen LogP contribution in [0.25, 0.3) is 6.08 Å². The summed E-state index contributed by atoms with van der Waals surface area (Å²) in [4.78, 5) is 16.3. The van der Waals surface area contributed by atoms with Gasteiger partial charge in [-0.3, -0.25) is 4.79 Å². The van der Waals surface area contributed by atoms with Crippen LogP contribution in [0.15, 0.2) is 54.6 Å². The van der Waals surface area contributed by atoms with Gasteiger partial charge in [0.15, 0.2) is 0 Å². The Morgan fingerprint density at radius 3 is 2.42 bits per heavy atom. The molecule has 2 aromatic rings. The van der Waals surface area contributed by atoms with Crippen LogP contribution in [0.4, 0.5) is 10.1 Å². The molecule has 0 N–H and O–H groups in total. The molecule has 0 unspecified atom stereocenters. The molecule has 1 heterocycles. The van der Waals surface area contributed by atoms with Crippen molar-refractivity contribution in [1.29, 1.82) is 0 Å². The first-order chi connectivity index (χ1) is 11.6. The molecule has 5 heteroatoms. The van der Waals surface area contributed by atoms with Gasteiger partial charge >= 0.3 is 0 Å². The number of hydrogen-bond acceptors (Lipinski definition) is 2. The molecule has 1 amide bonds. The standard InChI is InChI=1S/C19H18ClFN2O/c20-16-2-1-3-18(14-16)22-10-12-23(13-11-22)19(24)9-6-15-4-7-17(21)8-5-15/h1-9,14H,10-13H2/b9-6+. The van der Waals surface area contributed by atoms with Gasteiger partial charge in [-0.25, -0.2) is 4.39 Å². The first-order valence-electron chi connectivity index (χ1n) is 7.85. The van der Waals surface area contributed by atoms with E-state index in [0.717, 1.165) is 24.3 Å². The third kappa shape index (κ3) is 4.15. The number of carbonyl (C=O) groups is 1. The zero-order valence-corrected chi connectivity index (χ0v) is 13.9. The van der Waals surface area contributed by atoms with E-state index < -0.39 is 0 Å². The van der Waals surface area contributed by atoms with Crippen LogP contribution in [0.3, 0.4) is 0 Å². The van der Waals surface area contributed by atoms with Crippen LogP contribution in [0, 0.1) is 5.82 Å². The number of benzene rings is 2. The van der Waals surface area contributed by atoms with Gasteiger partial charge in [-0.2, -0.15) is 0 Å². The molecule has 0 aromatic heterocycles. The maximum Gasteiger partial charge on any atom is 0.246 e. The van der Waals surface area contributed by atoms with Crippen molar-refractivity contribution in [3.8, 4) is 0 Å². The molecule has 1 aliphatic heterocycles. The highest BCUT2D eigenvalue weighted by Gasteiger charge is 2.19. The van der Waals surface area contributed by atoms with Crippen LogP contribution in [0.5, 0.6) is 0 Å². The van der Waals surface area contributed by atoms with Crippen molar-refractivity contribution in [1.82, 2.24) is 4.90 Å². The average Bonchev–Trinajstić information content (AvgIpc) is 2.61. The molecule has 0 spiro atoms. The van der Waals surface area contributed by atoms with Gasteiger partial charge in [0, 0.05) is 43.0 Å². The lowest BCUT2D eigenvalue weighted by molar-refractivity contribution is -0.126. The van der Waals surface area contributed by atoms with Crippen molar-refractivity contribution >= 4 is 29.3 Å². The van der Waals surface area contributed by atoms with Crippen LogP contribution in [-0.4, -0.2) is 37.0 Å². The molecule has 0 saturated carbocycles. The molecule has 1 fully saturated rings. The average molecular weight is 345 g/mol. The normalized spacial score (nSPS) is 15.1. The van der Waals surface area contributed by atoms with Crippen LogP contribution in [0.1, 0.15) is 5.56 Å². The lowest BCUT2D eigenvalue weighted by Gasteiger charge is -2.35. The van der Waals surface area contributed by atoms with Gasteiger partial charge in [0.1, 0.15) is 5.82 Å². The fourth-order valence-corrected chi connectivity index (χ4v) is 2.89. The van der Waals surface area contributed by atoms with E-state index in [1.54, 1.807) is 24.3 Å². The van der Waals surface area contributed by atoms with Gasteiger partial charge in [-0.1, -0.05) is 29.8 Å². The molecule has 1 aliphatic rings. The van der Waals surface area contributed by atoms with Crippen molar-refractivity contribution in [2.24, 2.45) is 0 Å². The minimum Gasteiger partial charge on any atom is -0.368 e. The van der Waals surface area contributed by atoms with E-state index in [9.17, 15) is 9.18 Å². The minimum absolute atomic E-state index is 0.0231. The SMILES string of the molecule is O=C(/C=C/c1ccc(F)cc1)N1CCN(c2cccc(Cl)c2)CC1. The second kappa shape index (κ2) is 7.49. The number of halogens is 2. The van der Waals surface area contributed by atoms with Crippen molar-refractivity contribution in [3.05, 3.63) is 71.0 Å². The fraction of sp³-hybridized carbons (Fsp3) is 0.211. The van der Waals surface area contributed by atoms with Crippen LogP contribution >= 0.6 is 11.6 Å². The van der Waals surface area contributed by atoms with Crippen molar-refractivity contribution in [3.63, 3.8) is 0 Å². The number of anilines is 1. The Morgan fingerprint density at radius 1 is 1.04 bits per heavy atom. The van der Waals surface area contributed by atoms with E-state index in [4.69, 9.17) is 11.6 Å². The van der Waals surface area contributed by atoms with E-state index >= 15 is 0 Å². The maximum atomic E-state index is 12.9. The Bertz CT molecular complexity index is 737. The monoisotopic (exact) mass is 344 g/mol. The maximum absolute atomic E-state index is 12.9. The highest BCUT2D eigenvalue weighted by Crippen LogP contribution is 2.20. The largest absolute Gasteiger partial charge is 0.368 e.